The second-order valence-corrected chi connectivity index (χ2v) is 7.03. The van der Waals surface area contributed by atoms with E-state index in [9.17, 15) is 14.9 Å². The molecule has 0 saturated carbocycles. The molecule has 0 spiro atoms. The smallest absolute Gasteiger partial charge is 0.278 e. The number of anilines is 1. The molecule has 2 heterocycles. The van der Waals surface area contributed by atoms with E-state index in [1.807, 2.05) is 25.7 Å². The van der Waals surface area contributed by atoms with Gasteiger partial charge in [0.05, 0.1) is 16.4 Å². The van der Waals surface area contributed by atoms with Gasteiger partial charge in [-0.25, -0.2) is 0 Å². The van der Waals surface area contributed by atoms with Gasteiger partial charge in [0.25, 0.3) is 5.69 Å². The monoisotopic (exact) mass is 328 g/mol. The number of hydrogen-bond acceptors (Lipinski definition) is 5. The standard InChI is InChI=1S/C17H20N4O3/c1-17(2,3)20-10-11(8-16(20)22)19-14-4-5-15(21(23)24)13-9-18-7-6-12(13)14/h4-7,9,11,19H,8,10H2,1-3H3. The quantitative estimate of drug-likeness (QED) is 0.691. The van der Waals surface area contributed by atoms with Crippen molar-refractivity contribution in [3.05, 3.63) is 40.7 Å². The molecule has 1 unspecified atom stereocenters. The molecule has 1 fully saturated rings. The first-order valence-electron chi connectivity index (χ1n) is 7.85. The van der Waals surface area contributed by atoms with Crippen LogP contribution in [0.4, 0.5) is 11.4 Å². The van der Waals surface area contributed by atoms with E-state index in [0.29, 0.717) is 18.4 Å². The number of non-ortho nitro benzene ring substituents is 1. The van der Waals surface area contributed by atoms with Crippen LogP contribution >= 0.6 is 0 Å². The molecule has 1 aromatic heterocycles. The molecule has 1 aliphatic heterocycles. The number of likely N-dealkylation sites (tertiary alicyclic amines) is 1. The Kier molecular flexibility index (Phi) is 3.87. The number of carbonyl (C=O) groups is 1. The number of hydrogen-bond donors (Lipinski definition) is 1. The Morgan fingerprint density at radius 1 is 1.29 bits per heavy atom. The number of amides is 1. The summed E-state index contributed by atoms with van der Waals surface area (Å²) in [6.45, 7) is 6.66. The van der Waals surface area contributed by atoms with Gasteiger partial charge in [-0.1, -0.05) is 0 Å². The zero-order valence-electron chi connectivity index (χ0n) is 13.9. The third kappa shape index (κ3) is 2.89. The van der Waals surface area contributed by atoms with Gasteiger partial charge in [0, 0.05) is 48.0 Å². The summed E-state index contributed by atoms with van der Waals surface area (Å²) >= 11 is 0. The maximum atomic E-state index is 12.2. The molecule has 126 valence electrons. The lowest BCUT2D eigenvalue weighted by Gasteiger charge is -2.32. The van der Waals surface area contributed by atoms with Crippen molar-refractivity contribution >= 4 is 28.1 Å². The van der Waals surface area contributed by atoms with E-state index in [0.717, 1.165) is 11.1 Å². The Morgan fingerprint density at radius 3 is 2.67 bits per heavy atom. The molecule has 24 heavy (non-hydrogen) atoms. The Balaban J connectivity index is 1.91. The van der Waals surface area contributed by atoms with Gasteiger partial charge in [-0.2, -0.15) is 0 Å². The lowest BCUT2D eigenvalue weighted by Crippen LogP contribution is -2.43. The van der Waals surface area contributed by atoms with Gasteiger partial charge in [-0.3, -0.25) is 19.9 Å². The van der Waals surface area contributed by atoms with E-state index in [1.54, 1.807) is 18.3 Å². The van der Waals surface area contributed by atoms with E-state index >= 15 is 0 Å². The lowest BCUT2D eigenvalue weighted by atomic mass is 10.1. The second kappa shape index (κ2) is 5.74. The van der Waals surface area contributed by atoms with Crippen LogP contribution in [0.15, 0.2) is 30.6 Å². The largest absolute Gasteiger partial charge is 0.379 e. The minimum absolute atomic E-state index is 0.0189. The highest BCUT2D eigenvalue weighted by Crippen LogP contribution is 2.32. The van der Waals surface area contributed by atoms with Crippen LogP contribution < -0.4 is 5.32 Å². The minimum atomic E-state index is -0.409. The van der Waals surface area contributed by atoms with Crippen molar-refractivity contribution in [3.63, 3.8) is 0 Å². The zero-order valence-corrected chi connectivity index (χ0v) is 13.9. The predicted molar refractivity (Wildman–Crippen MR) is 91.9 cm³/mol. The van der Waals surface area contributed by atoms with Crippen LogP contribution in [-0.4, -0.2) is 38.8 Å². The first kappa shape index (κ1) is 16.2. The highest BCUT2D eigenvalue weighted by atomic mass is 16.6. The summed E-state index contributed by atoms with van der Waals surface area (Å²) in [5.74, 6) is 0.118. The molecule has 1 saturated heterocycles. The highest BCUT2D eigenvalue weighted by molar-refractivity contribution is 5.99. The van der Waals surface area contributed by atoms with Gasteiger partial charge in [0.1, 0.15) is 0 Å². The molecule has 1 N–H and O–H groups in total. The van der Waals surface area contributed by atoms with Crippen LogP contribution in [0.2, 0.25) is 0 Å². The molecule has 1 atom stereocenters. The fraction of sp³-hybridized carbons (Fsp3) is 0.412. The molecule has 1 aliphatic rings. The molecule has 1 aromatic carbocycles. The minimum Gasteiger partial charge on any atom is -0.379 e. The maximum absolute atomic E-state index is 12.2. The Hall–Kier alpha value is -2.70. The molecule has 0 radical (unpaired) electrons. The fourth-order valence-corrected chi connectivity index (χ4v) is 3.13. The van der Waals surface area contributed by atoms with Gasteiger partial charge >= 0.3 is 0 Å². The summed E-state index contributed by atoms with van der Waals surface area (Å²) in [5.41, 5.74) is 0.601. The summed E-state index contributed by atoms with van der Waals surface area (Å²) in [7, 11) is 0. The first-order chi connectivity index (χ1) is 11.3. The van der Waals surface area contributed by atoms with E-state index in [-0.39, 0.29) is 23.2 Å². The summed E-state index contributed by atoms with van der Waals surface area (Å²) in [5, 5.41) is 15.8. The number of nitro groups is 1. The van der Waals surface area contributed by atoms with Crippen LogP contribution in [-0.2, 0) is 4.79 Å². The molecule has 7 nitrogen and oxygen atoms in total. The van der Waals surface area contributed by atoms with Crippen molar-refractivity contribution in [1.29, 1.82) is 0 Å². The third-order valence-electron chi connectivity index (χ3n) is 4.29. The third-order valence-corrected chi connectivity index (χ3v) is 4.29. The van der Waals surface area contributed by atoms with Crippen molar-refractivity contribution in [1.82, 2.24) is 9.88 Å². The number of benzene rings is 1. The average Bonchev–Trinajstić information content (AvgIpc) is 2.88. The zero-order chi connectivity index (χ0) is 17.5. The average molecular weight is 328 g/mol. The maximum Gasteiger partial charge on any atom is 0.278 e. The van der Waals surface area contributed by atoms with Crippen molar-refractivity contribution in [2.45, 2.75) is 38.8 Å². The van der Waals surface area contributed by atoms with Gasteiger partial charge in [0.15, 0.2) is 0 Å². The van der Waals surface area contributed by atoms with Crippen molar-refractivity contribution in [2.75, 3.05) is 11.9 Å². The molecule has 1 amide bonds. The summed E-state index contributed by atoms with van der Waals surface area (Å²) < 4.78 is 0. The molecule has 2 aromatic rings. The summed E-state index contributed by atoms with van der Waals surface area (Å²) in [6.07, 6.45) is 3.53. The first-order valence-corrected chi connectivity index (χ1v) is 7.85. The molecule has 0 aliphatic carbocycles. The van der Waals surface area contributed by atoms with Crippen molar-refractivity contribution < 1.29 is 9.72 Å². The Morgan fingerprint density at radius 2 is 2.04 bits per heavy atom. The number of aromatic nitrogens is 1. The van der Waals surface area contributed by atoms with Gasteiger partial charge in [-0.05, 0) is 32.9 Å². The number of rotatable bonds is 3. The Labute approximate surface area is 139 Å². The molecule has 7 heteroatoms. The number of nitro benzene ring substituents is 1. The molecule has 0 bridgehead atoms. The molecular formula is C17H20N4O3. The van der Waals surface area contributed by atoms with E-state index in [1.165, 1.54) is 12.3 Å². The number of nitrogens with one attached hydrogen (secondary N) is 1. The van der Waals surface area contributed by atoms with Crippen LogP contribution in [0.5, 0.6) is 0 Å². The van der Waals surface area contributed by atoms with E-state index in [2.05, 4.69) is 10.3 Å². The number of carbonyl (C=O) groups excluding carboxylic acids is 1. The van der Waals surface area contributed by atoms with E-state index < -0.39 is 4.92 Å². The summed E-state index contributed by atoms with van der Waals surface area (Å²) in [4.78, 5) is 28.8. The Bertz CT molecular complexity index is 813. The normalized spacial score (nSPS) is 18.2. The van der Waals surface area contributed by atoms with Crippen LogP contribution in [0.3, 0.4) is 0 Å². The molecular weight excluding hydrogens is 308 g/mol. The lowest BCUT2D eigenvalue weighted by molar-refractivity contribution is -0.383. The van der Waals surface area contributed by atoms with Crippen molar-refractivity contribution in [3.8, 4) is 0 Å². The van der Waals surface area contributed by atoms with Crippen LogP contribution in [0.1, 0.15) is 27.2 Å². The fourth-order valence-electron chi connectivity index (χ4n) is 3.13. The van der Waals surface area contributed by atoms with Crippen LogP contribution in [0.25, 0.3) is 10.8 Å². The predicted octanol–water partition coefficient (Wildman–Crippen LogP) is 2.95. The number of pyridine rings is 1. The topological polar surface area (TPSA) is 88.4 Å². The number of nitrogens with zero attached hydrogens (tertiary/aromatic N) is 3. The van der Waals surface area contributed by atoms with Crippen LogP contribution in [0, 0.1) is 10.1 Å². The van der Waals surface area contributed by atoms with Gasteiger partial charge in [0.2, 0.25) is 5.91 Å². The van der Waals surface area contributed by atoms with Gasteiger partial charge in [-0.15, -0.1) is 0 Å². The van der Waals surface area contributed by atoms with Crippen molar-refractivity contribution in [2.24, 2.45) is 0 Å². The highest BCUT2D eigenvalue weighted by Gasteiger charge is 2.36. The number of fused-ring (bicyclic) bond motifs is 1. The second-order valence-electron chi connectivity index (χ2n) is 7.03. The summed E-state index contributed by atoms with van der Waals surface area (Å²) in [6, 6.07) is 4.91. The van der Waals surface area contributed by atoms with Gasteiger partial charge < -0.3 is 10.2 Å². The molecule has 3 rings (SSSR count). The SMILES string of the molecule is CC(C)(C)N1CC(Nc2ccc([N+](=O)[O-])c3cnccc23)CC1=O. The van der Waals surface area contributed by atoms with E-state index in [4.69, 9.17) is 0 Å².